The van der Waals surface area contributed by atoms with E-state index in [0.29, 0.717) is 36.1 Å². The van der Waals surface area contributed by atoms with Crippen LogP contribution in [-0.4, -0.2) is 72.3 Å². The number of carbonyl (C=O) groups is 2. The summed E-state index contributed by atoms with van der Waals surface area (Å²) in [4.78, 5) is 39.2. The van der Waals surface area contributed by atoms with E-state index in [1.165, 1.54) is 0 Å². The summed E-state index contributed by atoms with van der Waals surface area (Å²) in [6.45, 7) is 10.4. The van der Waals surface area contributed by atoms with Crippen molar-refractivity contribution in [3.8, 4) is 5.82 Å². The van der Waals surface area contributed by atoms with Crippen molar-refractivity contribution in [1.29, 1.82) is 0 Å². The Morgan fingerprint density at radius 1 is 1.00 bits per heavy atom. The van der Waals surface area contributed by atoms with Gasteiger partial charge in [0.1, 0.15) is 23.6 Å². The fourth-order valence-corrected chi connectivity index (χ4v) is 5.75. The third-order valence-corrected chi connectivity index (χ3v) is 7.58. The van der Waals surface area contributed by atoms with Crippen LogP contribution >= 0.6 is 0 Å². The molecule has 2 aliphatic heterocycles. The average molecular weight is 555 g/mol. The molecule has 11 heteroatoms. The summed E-state index contributed by atoms with van der Waals surface area (Å²) < 4.78 is 7.59. The highest BCUT2D eigenvalue weighted by atomic mass is 16.6. The second-order valence-corrected chi connectivity index (χ2v) is 11.7. The normalized spacial score (nSPS) is 18.6. The number of hydrogen-bond donors (Lipinski definition) is 1. The monoisotopic (exact) mass is 554 g/mol. The van der Waals surface area contributed by atoms with Gasteiger partial charge in [0.05, 0.1) is 34.4 Å². The number of ether oxygens (including phenoxy) is 1. The van der Waals surface area contributed by atoms with Gasteiger partial charge in [0.25, 0.3) is 0 Å². The Kier molecular flexibility index (Phi) is 6.59. The summed E-state index contributed by atoms with van der Waals surface area (Å²) in [6.07, 6.45) is 3.05. The quantitative estimate of drug-likeness (QED) is 0.338. The molecule has 212 valence electrons. The molecule has 0 radical (unpaired) electrons. The second kappa shape index (κ2) is 10.1. The molecular formula is C30H34N8O3. The van der Waals surface area contributed by atoms with Crippen molar-refractivity contribution in [2.75, 3.05) is 23.3 Å². The molecule has 41 heavy (non-hydrogen) atoms. The third kappa shape index (κ3) is 5.19. The summed E-state index contributed by atoms with van der Waals surface area (Å²) in [7, 11) is 0. The van der Waals surface area contributed by atoms with Crippen LogP contribution in [0.25, 0.3) is 16.9 Å². The lowest BCUT2D eigenvalue weighted by molar-refractivity contribution is 0.0228. The van der Waals surface area contributed by atoms with Gasteiger partial charge in [-0.1, -0.05) is 0 Å². The van der Waals surface area contributed by atoms with Crippen LogP contribution in [0, 0.1) is 6.92 Å². The SMILES string of the molecule is CC(=O)c1ccc(-n2cnc3cc(Nc4ccc(C)nn4)ccc32)nc1N1CC[C@H]2[C@H]1CCN2C(=O)OC(C)(C)C. The molecule has 0 spiro atoms. The van der Waals surface area contributed by atoms with Crippen LogP contribution in [0.15, 0.2) is 48.8 Å². The highest BCUT2D eigenvalue weighted by Crippen LogP contribution is 2.37. The number of ketones is 1. The zero-order valence-corrected chi connectivity index (χ0v) is 24.0. The molecule has 1 aromatic carbocycles. The first-order valence-corrected chi connectivity index (χ1v) is 13.9. The Bertz CT molecular complexity index is 1630. The van der Waals surface area contributed by atoms with E-state index >= 15 is 0 Å². The van der Waals surface area contributed by atoms with Crippen LogP contribution in [-0.2, 0) is 4.74 Å². The number of pyridine rings is 1. The van der Waals surface area contributed by atoms with Gasteiger partial charge < -0.3 is 19.9 Å². The Morgan fingerprint density at radius 3 is 2.54 bits per heavy atom. The van der Waals surface area contributed by atoms with Crippen LogP contribution < -0.4 is 10.2 Å². The third-order valence-electron chi connectivity index (χ3n) is 7.58. The van der Waals surface area contributed by atoms with Crippen molar-refractivity contribution in [2.45, 2.75) is 65.1 Å². The number of nitrogens with zero attached hydrogens (tertiary/aromatic N) is 7. The largest absolute Gasteiger partial charge is 0.444 e. The molecule has 2 atom stereocenters. The summed E-state index contributed by atoms with van der Waals surface area (Å²) in [6, 6.07) is 13.5. The maximum atomic E-state index is 12.9. The molecule has 4 aromatic rings. The summed E-state index contributed by atoms with van der Waals surface area (Å²) >= 11 is 0. The van der Waals surface area contributed by atoms with E-state index in [4.69, 9.17) is 9.72 Å². The minimum Gasteiger partial charge on any atom is -0.444 e. The van der Waals surface area contributed by atoms with Gasteiger partial charge in [-0.15, -0.1) is 5.10 Å². The molecule has 5 heterocycles. The number of hydrogen-bond acceptors (Lipinski definition) is 9. The number of nitrogens with one attached hydrogen (secondary N) is 1. The zero-order valence-electron chi connectivity index (χ0n) is 24.0. The van der Waals surface area contributed by atoms with Crippen molar-refractivity contribution in [1.82, 2.24) is 29.6 Å². The standard InChI is InChI=1S/C30H34N8O3/c1-18-6-10-26(35-34-18)32-20-7-9-23-22(16-20)31-17-38(23)27-11-8-21(19(2)39)28(33-27)36-14-12-25-24(36)13-15-37(25)29(40)41-30(3,4)5/h6-11,16-17,24-25H,12-15H2,1-5H3,(H,32,35)/t24-,25+/m1/s1. The van der Waals surface area contributed by atoms with Gasteiger partial charge in [-0.05, 0) is 89.9 Å². The zero-order chi connectivity index (χ0) is 28.9. The Balaban J connectivity index is 1.29. The fourth-order valence-electron chi connectivity index (χ4n) is 5.75. The number of amides is 1. The number of aryl methyl sites for hydroxylation is 1. The number of Topliss-reactive ketones (excluding diaryl/α,β-unsaturated/α-hetero) is 1. The van der Waals surface area contributed by atoms with Gasteiger partial charge in [0, 0.05) is 18.8 Å². The van der Waals surface area contributed by atoms with Crippen molar-refractivity contribution < 1.29 is 14.3 Å². The second-order valence-electron chi connectivity index (χ2n) is 11.7. The van der Waals surface area contributed by atoms with Crippen LogP contribution in [0.5, 0.6) is 0 Å². The fraction of sp³-hybridized carbons (Fsp3) is 0.400. The molecule has 3 aromatic heterocycles. The number of likely N-dealkylation sites (tertiary alicyclic amines) is 1. The van der Waals surface area contributed by atoms with Gasteiger partial charge in [-0.25, -0.2) is 14.8 Å². The van der Waals surface area contributed by atoms with Gasteiger partial charge in [-0.3, -0.25) is 9.36 Å². The summed E-state index contributed by atoms with van der Waals surface area (Å²) in [5.41, 5.74) is 3.39. The number of imidazole rings is 1. The number of fused-ring (bicyclic) bond motifs is 2. The molecule has 2 aliphatic rings. The first kappa shape index (κ1) is 26.7. The Labute approximate surface area is 238 Å². The number of aromatic nitrogens is 5. The molecule has 1 amide bonds. The predicted molar refractivity (Wildman–Crippen MR) is 156 cm³/mol. The van der Waals surface area contributed by atoms with Crippen LogP contribution in [0.1, 0.15) is 56.6 Å². The van der Waals surface area contributed by atoms with E-state index in [0.717, 1.165) is 35.3 Å². The molecule has 2 saturated heterocycles. The minimum absolute atomic E-state index is 0.0216. The van der Waals surface area contributed by atoms with Crippen molar-refractivity contribution in [2.24, 2.45) is 0 Å². The first-order chi connectivity index (χ1) is 19.6. The van der Waals surface area contributed by atoms with Crippen LogP contribution in [0.3, 0.4) is 0 Å². The van der Waals surface area contributed by atoms with Crippen molar-refractivity contribution >= 4 is 40.2 Å². The molecule has 11 nitrogen and oxygen atoms in total. The lowest BCUT2D eigenvalue weighted by Gasteiger charge is -2.29. The molecule has 0 unspecified atom stereocenters. The molecule has 2 fully saturated rings. The van der Waals surface area contributed by atoms with Gasteiger partial charge in [0.2, 0.25) is 0 Å². The molecule has 6 rings (SSSR count). The molecule has 0 bridgehead atoms. The predicted octanol–water partition coefficient (Wildman–Crippen LogP) is 5.05. The van der Waals surface area contributed by atoms with Crippen LogP contribution in [0.4, 0.5) is 22.1 Å². The van der Waals surface area contributed by atoms with Gasteiger partial charge in [0.15, 0.2) is 11.6 Å². The lowest BCUT2D eigenvalue weighted by atomic mass is 10.1. The summed E-state index contributed by atoms with van der Waals surface area (Å²) in [5, 5.41) is 11.5. The van der Waals surface area contributed by atoms with E-state index in [9.17, 15) is 9.59 Å². The maximum Gasteiger partial charge on any atom is 0.410 e. The molecule has 0 saturated carbocycles. The topological polar surface area (TPSA) is 118 Å². The Morgan fingerprint density at radius 2 is 1.80 bits per heavy atom. The van der Waals surface area contributed by atoms with E-state index in [1.807, 2.05) is 79.6 Å². The highest BCUT2D eigenvalue weighted by Gasteiger charge is 2.46. The molecule has 1 N–H and O–H groups in total. The van der Waals surface area contributed by atoms with E-state index < -0.39 is 5.60 Å². The number of benzene rings is 1. The Hall–Kier alpha value is -4.54. The van der Waals surface area contributed by atoms with Crippen LogP contribution in [0.2, 0.25) is 0 Å². The molecular weight excluding hydrogens is 520 g/mol. The van der Waals surface area contributed by atoms with E-state index in [1.54, 1.807) is 13.3 Å². The van der Waals surface area contributed by atoms with E-state index in [2.05, 4.69) is 25.4 Å². The maximum absolute atomic E-state index is 12.9. The number of carbonyl (C=O) groups excluding carboxylic acids is 2. The highest BCUT2D eigenvalue weighted by molar-refractivity contribution is 5.99. The van der Waals surface area contributed by atoms with Gasteiger partial charge >= 0.3 is 6.09 Å². The average Bonchev–Trinajstić information content (AvgIpc) is 3.63. The number of rotatable bonds is 5. The summed E-state index contributed by atoms with van der Waals surface area (Å²) in [5.74, 6) is 1.92. The van der Waals surface area contributed by atoms with E-state index in [-0.39, 0.29) is 24.0 Å². The van der Waals surface area contributed by atoms with Gasteiger partial charge in [-0.2, -0.15) is 5.10 Å². The minimum atomic E-state index is -0.551. The number of anilines is 3. The van der Waals surface area contributed by atoms with Crippen molar-refractivity contribution in [3.63, 3.8) is 0 Å². The lowest BCUT2D eigenvalue weighted by Crippen LogP contribution is -2.42. The van der Waals surface area contributed by atoms with Crippen molar-refractivity contribution in [3.05, 3.63) is 60.0 Å². The first-order valence-electron chi connectivity index (χ1n) is 13.9. The smallest absolute Gasteiger partial charge is 0.410 e. The molecule has 0 aliphatic carbocycles.